The number of anilines is 1. The molecule has 0 N–H and O–H groups in total. The van der Waals surface area contributed by atoms with E-state index in [-0.39, 0.29) is 11.8 Å². The molecule has 2 aliphatic heterocycles. The molecule has 0 bridgehead atoms. The zero-order valence-corrected chi connectivity index (χ0v) is 18.7. The Balaban J connectivity index is 1.86. The molecule has 1 saturated heterocycles. The average molecular weight is 423 g/mol. The van der Waals surface area contributed by atoms with Gasteiger partial charge < -0.3 is 4.90 Å². The van der Waals surface area contributed by atoms with Crippen LogP contribution in [-0.4, -0.2) is 29.8 Å². The van der Waals surface area contributed by atoms with Crippen LogP contribution in [0.3, 0.4) is 0 Å². The van der Waals surface area contributed by atoms with Crippen molar-refractivity contribution in [3.05, 3.63) is 69.4 Å². The van der Waals surface area contributed by atoms with Crippen molar-refractivity contribution < 1.29 is 9.59 Å². The van der Waals surface area contributed by atoms with E-state index in [1.54, 1.807) is 18.2 Å². The zero-order chi connectivity index (χ0) is 21.6. The summed E-state index contributed by atoms with van der Waals surface area (Å²) < 4.78 is 0. The fraction of sp³-hybridized carbons (Fsp3) is 0.360. The Kier molecular flexibility index (Phi) is 5.46. The summed E-state index contributed by atoms with van der Waals surface area (Å²) in [4.78, 5) is 30.8. The van der Waals surface area contributed by atoms with Crippen LogP contribution in [0, 0.1) is 26.7 Å². The second-order valence-electron chi connectivity index (χ2n) is 8.59. The van der Waals surface area contributed by atoms with E-state index in [4.69, 9.17) is 11.6 Å². The van der Waals surface area contributed by atoms with Gasteiger partial charge in [-0.2, -0.15) is 0 Å². The number of piperidine rings is 1. The number of halogens is 1. The highest BCUT2D eigenvalue weighted by molar-refractivity contribution is 6.45. The molecule has 1 atom stereocenters. The lowest BCUT2D eigenvalue weighted by Crippen LogP contribution is -2.39. The summed E-state index contributed by atoms with van der Waals surface area (Å²) in [5, 5.41) is 0.586. The third-order valence-electron chi connectivity index (χ3n) is 6.23. The van der Waals surface area contributed by atoms with Crippen molar-refractivity contribution in [3.63, 3.8) is 0 Å². The van der Waals surface area contributed by atoms with Crippen LogP contribution in [-0.2, 0) is 9.59 Å². The topological polar surface area (TPSA) is 40.6 Å². The molecule has 30 heavy (non-hydrogen) atoms. The molecule has 156 valence electrons. The number of hydrogen-bond donors (Lipinski definition) is 0. The molecule has 0 saturated carbocycles. The number of nitrogens with zero attached hydrogens (tertiary/aromatic N) is 2. The Morgan fingerprint density at radius 1 is 0.933 bits per heavy atom. The van der Waals surface area contributed by atoms with E-state index in [1.807, 2.05) is 39.0 Å². The van der Waals surface area contributed by atoms with E-state index in [0.29, 0.717) is 27.9 Å². The van der Waals surface area contributed by atoms with Gasteiger partial charge in [-0.15, -0.1) is 0 Å². The van der Waals surface area contributed by atoms with Gasteiger partial charge >= 0.3 is 0 Å². The second-order valence-corrected chi connectivity index (χ2v) is 9.03. The van der Waals surface area contributed by atoms with E-state index >= 15 is 0 Å². The molecular formula is C25H27ClN2O2. The number of carbonyl (C=O) groups excluding carboxylic acids is 2. The highest BCUT2D eigenvalue weighted by Gasteiger charge is 2.43. The molecule has 2 heterocycles. The molecule has 2 amide bonds. The van der Waals surface area contributed by atoms with Crippen LogP contribution in [0.25, 0.3) is 5.57 Å². The minimum atomic E-state index is -0.262. The summed E-state index contributed by atoms with van der Waals surface area (Å²) in [6, 6.07) is 11.3. The van der Waals surface area contributed by atoms with Gasteiger partial charge in [-0.25, -0.2) is 4.90 Å². The minimum Gasteiger partial charge on any atom is -0.366 e. The fourth-order valence-corrected chi connectivity index (χ4v) is 4.68. The predicted molar refractivity (Wildman–Crippen MR) is 121 cm³/mol. The van der Waals surface area contributed by atoms with Gasteiger partial charge in [-0.3, -0.25) is 9.59 Å². The highest BCUT2D eigenvalue weighted by atomic mass is 35.5. The molecule has 1 fully saturated rings. The van der Waals surface area contributed by atoms with Gasteiger partial charge in [0.1, 0.15) is 5.70 Å². The van der Waals surface area contributed by atoms with Crippen LogP contribution in [0.15, 0.2) is 42.1 Å². The molecular weight excluding hydrogens is 396 g/mol. The molecule has 5 heteroatoms. The van der Waals surface area contributed by atoms with Gasteiger partial charge in [0, 0.05) is 18.1 Å². The van der Waals surface area contributed by atoms with Gasteiger partial charge in [0.05, 0.1) is 11.3 Å². The lowest BCUT2D eigenvalue weighted by Gasteiger charge is -2.33. The monoisotopic (exact) mass is 422 g/mol. The van der Waals surface area contributed by atoms with Crippen LogP contribution in [0.2, 0.25) is 5.02 Å². The normalized spacial score (nSPS) is 19.8. The van der Waals surface area contributed by atoms with Gasteiger partial charge in [-0.1, -0.05) is 36.7 Å². The quantitative estimate of drug-likeness (QED) is 0.631. The van der Waals surface area contributed by atoms with Gasteiger partial charge in [0.15, 0.2) is 0 Å². The smallest absolute Gasteiger partial charge is 0.282 e. The third-order valence-corrected chi connectivity index (χ3v) is 6.46. The molecule has 4 nitrogen and oxygen atoms in total. The van der Waals surface area contributed by atoms with Crippen molar-refractivity contribution in [1.82, 2.24) is 4.90 Å². The maximum absolute atomic E-state index is 13.7. The summed E-state index contributed by atoms with van der Waals surface area (Å²) in [5.74, 6) is -0.0175. The van der Waals surface area contributed by atoms with Gasteiger partial charge in [0.25, 0.3) is 11.8 Å². The van der Waals surface area contributed by atoms with Crippen LogP contribution in [0.1, 0.15) is 42.0 Å². The van der Waals surface area contributed by atoms with Gasteiger partial charge in [0.2, 0.25) is 0 Å². The Hall–Kier alpha value is -2.59. The molecule has 2 aromatic rings. The van der Waals surface area contributed by atoms with E-state index in [9.17, 15) is 9.59 Å². The summed E-state index contributed by atoms with van der Waals surface area (Å²) in [5.41, 5.74) is 5.50. The van der Waals surface area contributed by atoms with Crippen molar-refractivity contribution >= 4 is 34.7 Å². The van der Waals surface area contributed by atoms with Crippen LogP contribution in [0.5, 0.6) is 0 Å². The first-order chi connectivity index (χ1) is 14.3. The Morgan fingerprint density at radius 3 is 2.37 bits per heavy atom. The number of rotatable bonds is 3. The number of imide groups is 1. The van der Waals surface area contributed by atoms with E-state index in [0.717, 1.165) is 48.2 Å². The summed E-state index contributed by atoms with van der Waals surface area (Å²) in [6.45, 7) is 9.73. The lowest BCUT2D eigenvalue weighted by atomic mass is 9.96. The molecule has 2 aromatic carbocycles. The maximum atomic E-state index is 13.7. The average Bonchev–Trinajstić information content (AvgIpc) is 2.95. The molecule has 2 aliphatic rings. The summed E-state index contributed by atoms with van der Waals surface area (Å²) >= 11 is 6.11. The number of likely N-dealkylation sites (tertiary alicyclic amines) is 1. The summed E-state index contributed by atoms with van der Waals surface area (Å²) in [6.07, 6.45) is 2.16. The Morgan fingerprint density at radius 2 is 1.70 bits per heavy atom. The fourth-order valence-electron chi connectivity index (χ4n) is 4.45. The molecule has 1 unspecified atom stereocenters. The number of hydrogen-bond acceptors (Lipinski definition) is 3. The SMILES string of the molecule is Cc1ccc(C2=C(N3CCCC(C)C3)C(=O)N(c3ccc(Cl)cc3C)C2=O)cc1C. The number of amides is 2. The first-order valence-electron chi connectivity index (χ1n) is 10.5. The van der Waals surface area contributed by atoms with E-state index in [2.05, 4.69) is 11.8 Å². The number of carbonyl (C=O) groups is 2. The largest absolute Gasteiger partial charge is 0.366 e. The first kappa shape index (κ1) is 20.7. The maximum Gasteiger partial charge on any atom is 0.282 e. The lowest BCUT2D eigenvalue weighted by molar-refractivity contribution is -0.120. The molecule has 0 spiro atoms. The van der Waals surface area contributed by atoms with Crippen molar-refractivity contribution in [3.8, 4) is 0 Å². The van der Waals surface area contributed by atoms with E-state index < -0.39 is 0 Å². The standard InChI is InChI=1S/C25H27ClN2O2/c1-15-6-5-11-27(14-15)23-22(19-8-7-16(2)17(3)12-19)24(29)28(25(23)30)21-10-9-20(26)13-18(21)4/h7-10,12-13,15H,5-6,11,14H2,1-4H3. The molecule has 0 aromatic heterocycles. The predicted octanol–water partition coefficient (Wildman–Crippen LogP) is 5.28. The zero-order valence-electron chi connectivity index (χ0n) is 18.0. The van der Waals surface area contributed by atoms with Crippen LogP contribution < -0.4 is 4.90 Å². The number of benzene rings is 2. The highest BCUT2D eigenvalue weighted by Crippen LogP contribution is 2.38. The van der Waals surface area contributed by atoms with Crippen LogP contribution in [0.4, 0.5) is 5.69 Å². The van der Waals surface area contributed by atoms with Gasteiger partial charge in [-0.05, 0) is 80.0 Å². The first-order valence-corrected chi connectivity index (χ1v) is 10.9. The van der Waals surface area contributed by atoms with E-state index in [1.165, 1.54) is 4.90 Å². The third kappa shape index (κ3) is 3.54. The van der Waals surface area contributed by atoms with Crippen molar-refractivity contribution in [1.29, 1.82) is 0 Å². The Labute approximate surface area is 183 Å². The van der Waals surface area contributed by atoms with Crippen LogP contribution >= 0.6 is 11.6 Å². The van der Waals surface area contributed by atoms with Crippen molar-refractivity contribution in [2.45, 2.75) is 40.5 Å². The second kappa shape index (κ2) is 7.92. The Bertz CT molecular complexity index is 1070. The minimum absolute atomic E-state index is 0.243. The van der Waals surface area contributed by atoms with Crippen molar-refractivity contribution in [2.75, 3.05) is 18.0 Å². The number of aryl methyl sites for hydroxylation is 3. The summed E-state index contributed by atoms with van der Waals surface area (Å²) in [7, 11) is 0. The molecule has 4 rings (SSSR count). The molecule has 0 radical (unpaired) electrons. The van der Waals surface area contributed by atoms with Crippen molar-refractivity contribution in [2.24, 2.45) is 5.92 Å². The molecule has 0 aliphatic carbocycles.